The Labute approximate surface area is 165 Å². The van der Waals surface area contributed by atoms with E-state index < -0.39 is 6.10 Å². The molecule has 28 heavy (non-hydrogen) atoms. The minimum atomic E-state index is -0.501. The van der Waals surface area contributed by atoms with Gasteiger partial charge in [-0.05, 0) is 57.3 Å². The number of aliphatic hydroxyl groups excluding tert-OH is 1. The summed E-state index contributed by atoms with van der Waals surface area (Å²) in [6.07, 6.45) is 2.96. The molecule has 1 spiro atoms. The van der Waals surface area contributed by atoms with Gasteiger partial charge in [-0.25, -0.2) is 4.79 Å². The number of carbonyl (C=O) groups is 1. The van der Waals surface area contributed by atoms with E-state index >= 15 is 0 Å². The van der Waals surface area contributed by atoms with E-state index in [0.29, 0.717) is 12.0 Å². The zero-order chi connectivity index (χ0) is 19.7. The Morgan fingerprint density at radius 3 is 2.86 bits per heavy atom. The predicted molar refractivity (Wildman–Crippen MR) is 105 cm³/mol. The second-order valence-electron chi connectivity index (χ2n) is 8.73. The third-order valence-corrected chi connectivity index (χ3v) is 7.74. The van der Waals surface area contributed by atoms with Gasteiger partial charge >= 0.3 is 5.97 Å². The summed E-state index contributed by atoms with van der Waals surface area (Å²) in [5, 5.41) is 14.6. The van der Waals surface area contributed by atoms with Gasteiger partial charge in [0.05, 0.1) is 31.3 Å². The molecular weight excluding hydrogens is 356 g/mol. The van der Waals surface area contributed by atoms with Gasteiger partial charge in [0.15, 0.2) is 0 Å². The fourth-order valence-electron chi connectivity index (χ4n) is 6.64. The maximum absolute atomic E-state index is 12.9. The van der Waals surface area contributed by atoms with Crippen molar-refractivity contribution < 1.29 is 19.4 Å². The van der Waals surface area contributed by atoms with Crippen molar-refractivity contribution in [3.8, 4) is 5.75 Å². The summed E-state index contributed by atoms with van der Waals surface area (Å²) in [5.41, 5.74) is 3.24. The van der Waals surface area contributed by atoms with Crippen LogP contribution in [0.4, 0.5) is 5.69 Å². The number of anilines is 1. The zero-order valence-corrected chi connectivity index (χ0v) is 16.7. The number of hydrogen-bond donors (Lipinski definition) is 2. The number of nitrogens with zero attached hydrogens (tertiary/aromatic N) is 1. The van der Waals surface area contributed by atoms with Crippen LogP contribution < -0.4 is 10.1 Å². The fraction of sp³-hybridized carbons (Fsp3) is 0.591. The summed E-state index contributed by atoms with van der Waals surface area (Å²) in [6, 6.07) is 6.33. The SMILES string of the molecule is COC(=O)C1=C2Nc3cc(OC)ccc3[C@]23CCN2CCC[C@]([C@@H](C)O)(C1)[C@@H]23. The number of ether oxygens (including phenoxy) is 2. The van der Waals surface area contributed by atoms with Crippen molar-refractivity contribution in [2.45, 2.75) is 50.2 Å². The Balaban J connectivity index is 1.80. The topological polar surface area (TPSA) is 71.0 Å². The Bertz CT molecular complexity index is 879. The molecule has 0 radical (unpaired) electrons. The van der Waals surface area contributed by atoms with Crippen molar-refractivity contribution >= 4 is 11.7 Å². The minimum absolute atomic E-state index is 0.180. The number of esters is 1. The minimum Gasteiger partial charge on any atom is -0.497 e. The third kappa shape index (κ3) is 2.02. The number of nitrogens with one attached hydrogen (secondary N) is 1. The lowest BCUT2D eigenvalue weighted by Crippen LogP contribution is -2.63. The molecular formula is C22H28N2O4. The van der Waals surface area contributed by atoms with E-state index in [-0.39, 0.29) is 22.8 Å². The van der Waals surface area contributed by atoms with Crippen LogP contribution in [0.15, 0.2) is 29.5 Å². The Hall–Kier alpha value is -2.05. The van der Waals surface area contributed by atoms with Crippen molar-refractivity contribution in [3.05, 3.63) is 35.0 Å². The number of benzene rings is 1. The van der Waals surface area contributed by atoms with Crippen LogP contribution in [0.3, 0.4) is 0 Å². The molecule has 6 heteroatoms. The van der Waals surface area contributed by atoms with Crippen molar-refractivity contribution in [2.75, 3.05) is 32.6 Å². The predicted octanol–water partition coefficient (Wildman–Crippen LogP) is 2.42. The highest BCUT2D eigenvalue weighted by molar-refractivity contribution is 5.93. The molecule has 2 N–H and O–H groups in total. The molecule has 2 saturated heterocycles. The lowest BCUT2D eigenvalue weighted by Gasteiger charge is -2.57. The van der Waals surface area contributed by atoms with Crippen LogP contribution in [-0.4, -0.2) is 55.4 Å². The van der Waals surface area contributed by atoms with E-state index in [2.05, 4.69) is 16.3 Å². The Morgan fingerprint density at radius 1 is 1.32 bits per heavy atom. The second-order valence-corrected chi connectivity index (χ2v) is 8.73. The molecule has 0 saturated carbocycles. The number of aliphatic hydroxyl groups is 1. The van der Waals surface area contributed by atoms with E-state index in [0.717, 1.165) is 49.5 Å². The highest BCUT2D eigenvalue weighted by atomic mass is 16.5. The van der Waals surface area contributed by atoms with E-state index in [1.165, 1.54) is 12.7 Å². The number of methoxy groups -OCH3 is 2. The molecule has 0 unspecified atom stereocenters. The number of piperidine rings is 1. The molecule has 6 nitrogen and oxygen atoms in total. The second kappa shape index (κ2) is 5.97. The van der Waals surface area contributed by atoms with Gasteiger partial charge in [-0.3, -0.25) is 4.90 Å². The summed E-state index contributed by atoms with van der Waals surface area (Å²) in [7, 11) is 3.11. The quantitative estimate of drug-likeness (QED) is 0.780. The first-order valence-electron chi connectivity index (χ1n) is 10.2. The number of rotatable bonds is 3. The largest absolute Gasteiger partial charge is 0.497 e. The van der Waals surface area contributed by atoms with E-state index in [4.69, 9.17) is 9.47 Å². The highest BCUT2D eigenvalue weighted by Gasteiger charge is 2.67. The van der Waals surface area contributed by atoms with Crippen LogP contribution in [0.1, 0.15) is 38.2 Å². The standard InChI is InChI=1S/C22H28N2O4/c1-13(25)21-7-4-9-24-10-8-22(20(21)24)16-6-5-14(27-2)11-17(16)23-18(22)15(12-21)19(26)28-3/h5-6,11,13,20,23,25H,4,7-10,12H2,1-3H3/t13-,20-,21-,22-/m1/s1. The summed E-state index contributed by atoms with van der Waals surface area (Å²) in [6.45, 7) is 3.92. The molecule has 150 valence electrons. The molecule has 1 aromatic rings. The average molecular weight is 384 g/mol. The molecule has 0 aromatic heterocycles. The molecule has 4 atom stereocenters. The Morgan fingerprint density at radius 2 is 2.14 bits per heavy atom. The van der Waals surface area contributed by atoms with Gasteiger partial charge in [-0.2, -0.15) is 0 Å². The van der Waals surface area contributed by atoms with Gasteiger partial charge in [-0.1, -0.05) is 6.07 Å². The summed E-state index contributed by atoms with van der Waals surface area (Å²) < 4.78 is 10.6. The summed E-state index contributed by atoms with van der Waals surface area (Å²) in [4.78, 5) is 15.4. The molecule has 3 heterocycles. The van der Waals surface area contributed by atoms with Crippen LogP contribution >= 0.6 is 0 Å². The lowest BCUT2D eigenvalue weighted by atomic mass is 9.53. The number of fused-ring (bicyclic) bond motifs is 1. The average Bonchev–Trinajstić information content (AvgIpc) is 3.26. The van der Waals surface area contributed by atoms with Gasteiger partial charge < -0.3 is 19.9 Å². The fourth-order valence-corrected chi connectivity index (χ4v) is 6.64. The van der Waals surface area contributed by atoms with Crippen molar-refractivity contribution in [2.24, 2.45) is 5.41 Å². The molecule has 1 aromatic carbocycles. The van der Waals surface area contributed by atoms with Gasteiger partial charge in [0.25, 0.3) is 0 Å². The lowest BCUT2D eigenvalue weighted by molar-refractivity contribution is -0.138. The van der Waals surface area contributed by atoms with Gasteiger partial charge in [-0.15, -0.1) is 0 Å². The number of hydrogen-bond acceptors (Lipinski definition) is 6. The Kier molecular flexibility index (Phi) is 3.84. The molecule has 1 aliphatic carbocycles. The van der Waals surface area contributed by atoms with Crippen molar-refractivity contribution in [1.29, 1.82) is 0 Å². The zero-order valence-electron chi connectivity index (χ0n) is 16.7. The molecule has 0 bridgehead atoms. The van der Waals surface area contributed by atoms with E-state index in [9.17, 15) is 9.90 Å². The maximum Gasteiger partial charge on any atom is 0.335 e. The van der Waals surface area contributed by atoms with Gasteiger partial charge in [0.2, 0.25) is 0 Å². The van der Waals surface area contributed by atoms with Crippen LogP contribution in [0, 0.1) is 5.41 Å². The van der Waals surface area contributed by atoms with E-state index in [1.54, 1.807) is 7.11 Å². The first kappa shape index (κ1) is 18.0. The normalized spacial score (nSPS) is 34.2. The molecule has 2 fully saturated rings. The smallest absolute Gasteiger partial charge is 0.335 e. The van der Waals surface area contributed by atoms with Gasteiger partial charge in [0.1, 0.15) is 5.75 Å². The van der Waals surface area contributed by atoms with Crippen molar-refractivity contribution in [1.82, 2.24) is 4.90 Å². The van der Waals surface area contributed by atoms with Crippen LogP contribution in [0.5, 0.6) is 5.75 Å². The monoisotopic (exact) mass is 384 g/mol. The van der Waals surface area contributed by atoms with Gasteiger partial charge in [0, 0.05) is 28.9 Å². The summed E-state index contributed by atoms with van der Waals surface area (Å²) in [5.74, 6) is 0.506. The first-order valence-corrected chi connectivity index (χ1v) is 10.2. The first-order chi connectivity index (χ1) is 13.5. The van der Waals surface area contributed by atoms with Crippen LogP contribution in [0.2, 0.25) is 0 Å². The van der Waals surface area contributed by atoms with Crippen LogP contribution in [-0.2, 0) is 14.9 Å². The number of carbonyl (C=O) groups excluding carboxylic acids is 1. The van der Waals surface area contributed by atoms with E-state index in [1.807, 2.05) is 19.1 Å². The van der Waals surface area contributed by atoms with Crippen molar-refractivity contribution in [3.63, 3.8) is 0 Å². The van der Waals surface area contributed by atoms with Crippen LogP contribution in [0.25, 0.3) is 0 Å². The molecule has 0 amide bonds. The molecule has 5 rings (SSSR count). The third-order valence-electron chi connectivity index (χ3n) is 7.74. The molecule has 3 aliphatic heterocycles. The maximum atomic E-state index is 12.9. The highest BCUT2D eigenvalue weighted by Crippen LogP contribution is 2.65. The molecule has 4 aliphatic rings. The summed E-state index contributed by atoms with van der Waals surface area (Å²) >= 11 is 0.